The maximum atomic E-state index is 13.8. The molecular weight excluding hydrogens is 317 g/mol. The van der Waals surface area contributed by atoms with Gasteiger partial charge in [-0.1, -0.05) is 23.7 Å². The Morgan fingerprint density at radius 1 is 1.13 bits per heavy atom. The number of carbonyl (C=O) groups excluding carboxylic acids is 1. The first-order chi connectivity index (χ1) is 11.1. The van der Waals surface area contributed by atoms with Crippen molar-refractivity contribution >= 4 is 23.3 Å². The standard InChI is InChI=1S/C17H17ClFN3O/c18-14-4-3-5-15(19)13(14)12-17(23)22-10-8-21(9-11-22)16-6-1-2-7-20-16/h1-7H,8-12H2/p+1. The van der Waals surface area contributed by atoms with Gasteiger partial charge in [0.1, 0.15) is 18.9 Å². The van der Waals surface area contributed by atoms with Crippen molar-refractivity contribution in [1.29, 1.82) is 0 Å². The molecule has 0 unspecified atom stereocenters. The van der Waals surface area contributed by atoms with Gasteiger partial charge in [0.05, 0.1) is 25.7 Å². The number of amides is 1. The maximum absolute atomic E-state index is 13.8. The van der Waals surface area contributed by atoms with Gasteiger partial charge in [0.15, 0.2) is 0 Å². The van der Waals surface area contributed by atoms with Gasteiger partial charge in [-0.3, -0.25) is 9.69 Å². The quantitative estimate of drug-likeness (QED) is 0.863. The minimum absolute atomic E-state index is 0.00295. The fourth-order valence-corrected chi connectivity index (χ4v) is 2.97. The maximum Gasteiger partial charge on any atom is 0.274 e. The smallest absolute Gasteiger partial charge is 0.274 e. The second kappa shape index (κ2) is 6.96. The van der Waals surface area contributed by atoms with Gasteiger partial charge in [-0.15, -0.1) is 0 Å². The Labute approximate surface area is 139 Å². The topological polar surface area (TPSA) is 37.7 Å². The van der Waals surface area contributed by atoms with Gasteiger partial charge in [0.2, 0.25) is 5.91 Å². The molecule has 3 rings (SSSR count). The molecule has 1 aliphatic heterocycles. The highest BCUT2D eigenvalue weighted by Gasteiger charge is 2.26. The molecule has 1 aliphatic rings. The lowest BCUT2D eigenvalue weighted by Gasteiger charge is -2.31. The molecule has 2 aromatic rings. The minimum Gasteiger partial charge on any atom is -0.335 e. The Balaban J connectivity index is 1.60. The van der Waals surface area contributed by atoms with E-state index in [1.165, 1.54) is 6.07 Å². The van der Waals surface area contributed by atoms with Crippen LogP contribution in [0.1, 0.15) is 5.56 Å². The molecule has 1 fully saturated rings. The van der Waals surface area contributed by atoms with E-state index in [1.54, 1.807) is 17.0 Å². The van der Waals surface area contributed by atoms with Crippen molar-refractivity contribution in [3.63, 3.8) is 0 Å². The zero-order valence-electron chi connectivity index (χ0n) is 12.6. The Morgan fingerprint density at radius 3 is 2.57 bits per heavy atom. The van der Waals surface area contributed by atoms with Crippen molar-refractivity contribution in [3.05, 3.63) is 59.0 Å². The monoisotopic (exact) mass is 334 g/mol. The number of pyridine rings is 1. The third-order valence-corrected chi connectivity index (χ3v) is 4.41. The van der Waals surface area contributed by atoms with Crippen LogP contribution in [-0.4, -0.2) is 37.0 Å². The van der Waals surface area contributed by atoms with Crippen LogP contribution in [0.15, 0.2) is 42.6 Å². The first kappa shape index (κ1) is 15.7. The van der Waals surface area contributed by atoms with Crippen molar-refractivity contribution < 1.29 is 14.2 Å². The number of hydrogen-bond acceptors (Lipinski definition) is 2. The molecule has 1 saturated heterocycles. The van der Waals surface area contributed by atoms with Gasteiger partial charge < -0.3 is 4.90 Å². The SMILES string of the molecule is O=C(Cc1c(F)cccc1Cl)N1CCN(c2cccc[nH+]2)CC1. The van der Waals surface area contributed by atoms with Crippen molar-refractivity contribution in [2.45, 2.75) is 6.42 Å². The summed E-state index contributed by atoms with van der Waals surface area (Å²) in [5, 5.41) is 0.302. The summed E-state index contributed by atoms with van der Waals surface area (Å²) < 4.78 is 13.8. The molecule has 120 valence electrons. The summed E-state index contributed by atoms with van der Waals surface area (Å²) in [5.41, 5.74) is 0.276. The normalized spacial score (nSPS) is 14.9. The molecule has 0 bridgehead atoms. The number of nitrogens with zero attached hydrogens (tertiary/aromatic N) is 2. The molecule has 1 aromatic carbocycles. The van der Waals surface area contributed by atoms with Crippen LogP contribution in [0.25, 0.3) is 0 Å². The zero-order chi connectivity index (χ0) is 16.2. The van der Waals surface area contributed by atoms with E-state index < -0.39 is 5.82 Å². The van der Waals surface area contributed by atoms with Crippen molar-refractivity contribution in [2.75, 3.05) is 31.1 Å². The van der Waals surface area contributed by atoms with Crippen LogP contribution in [0.5, 0.6) is 0 Å². The largest absolute Gasteiger partial charge is 0.335 e. The number of carbonyl (C=O) groups is 1. The lowest BCUT2D eigenvalue weighted by atomic mass is 10.1. The average Bonchev–Trinajstić information content (AvgIpc) is 2.59. The number of aromatic amines is 1. The van der Waals surface area contributed by atoms with Gasteiger partial charge in [-0.2, -0.15) is 0 Å². The summed E-state index contributed by atoms with van der Waals surface area (Å²) in [6.45, 7) is 2.73. The Hall–Kier alpha value is -2.14. The zero-order valence-corrected chi connectivity index (χ0v) is 13.4. The van der Waals surface area contributed by atoms with Gasteiger partial charge in [0, 0.05) is 16.7 Å². The van der Waals surface area contributed by atoms with Gasteiger partial charge in [0.25, 0.3) is 5.82 Å². The number of H-pyrrole nitrogens is 1. The Kier molecular flexibility index (Phi) is 4.76. The van der Waals surface area contributed by atoms with E-state index in [0.29, 0.717) is 18.1 Å². The number of nitrogens with one attached hydrogen (secondary N) is 1. The molecule has 23 heavy (non-hydrogen) atoms. The summed E-state index contributed by atoms with van der Waals surface area (Å²) in [6, 6.07) is 10.4. The molecular formula is C17H18ClFN3O+. The first-order valence-electron chi connectivity index (χ1n) is 7.57. The van der Waals surface area contributed by atoms with E-state index >= 15 is 0 Å². The van der Waals surface area contributed by atoms with Crippen LogP contribution >= 0.6 is 11.6 Å². The van der Waals surface area contributed by atoms with E-state index in [2.05, 4.69) is 9.88 Å². The number of benzene rings is 1. The number of piperazine rings is 1. The summed E-state index contributed by atoms with van der Waals surface area (Å²) in [7, 11) is 0. The lowest BCUT2D eigenvalue weighted by Crippen LogP contribution is -2.50. The first-order valence-corrected chi connectivity index (χ1v) is 7.95. The summed E-state index contributed by atoms with van der Waals surface area (Å²) in [5.74, 6) is 0.522. The van der Waals surface area contributed by atoms with Gasteiger partial charge in [-0.05, 0) is 18.2 Å². The second-order valence-corrected chi connectivity index (χ2v) is 5.90. The summed E-state index contributed by atoms with van der Waals surface area (Å²) in [6.07, 6.45) is 1.88. The molecule has 4 nitrogen and oxygen atoms in total. The van der Waals surface area contributed by atoms with Crippen molar-refractivity contribution in [3.8, 4) is 0 Å². The van der Waals surface area contributed by atoms with Crippen LogP contribution in [0.2, 0.25) is 5.02 Å². The molecule has 0 atom stereocenters. The molecule has 2 heterocycles. The molecule has 0 saturated carbocycles. The van der Waals surface area contributed by atoms with Crippen LogP contribution in [-0.2, 0) is 11.2 Å². The third kappa shape index (κ3) is 3.62. The second-order valence-electron chi connectivity index (χ2n) is 5.49. The Bertz CT molecular complexity index is 667. The van der Waals surface area contributed by atoms with Crippen LogP contribution in [0.4, 0.5) is 10.2 Å². The molecule has 1 aromatic heterocycles. The van der Waals surface area contributed by atoms with E-state index in [4.69, 9.17) is 11.6 Å². The molecule has 1 N–H and O–H groups in total. The highest BCUT2D eigenvalue weighted by molar-refractivity contribution is 6.31. The fraction of sp³-hybridized carbons (Fsp3) is 0.294. The van der Waals surface area contributed by atoms with E-state index in [-0.39, 0.29) is 17.9 Å². The molecule has 0 aliphatic carbocycles. The highest BCUT2D eigenvalue weighted by atomic mass is 35.5. The molecule has 0 radical (unpaired) electrons. The van der Waals surface area contributed by atoms with Crippen molar-refractivity contribution in [1.82, 2.24) is 4.90 Å². The van der Waals surface area contributed by atoms with Crippen LogP contribution in [0.3, 0.4) is 0 Å². The van der Waals surface area contributed by atoms with E-state index in [9.17, 15) is 9.18 Å². The van der Waals surface area contributed by atoms with Crippen LogP contribution in [0, 0.1) is 5.82 Å². The van der Waals surface area contributed by atoms with Crippen LogP contribution < -0.4 is 9.88 Å². The molecule has 1 amide bonds. The fourth-order valence-electron chi connectivity index (χ4n) is 2.74. The molecule has 0 spiro atoms. The predicted octanol–water partition coefficient (Wildman–Crippen LogP) is 2.18. The minimum atomic E-state index is -0.427. The third-order valence-electron chi connectivity index (χ3n) is 4.06. The van der Waals surface area contributed by atoms with Gasteiger partial charge >= 0.3 is 0 Å². The number of halogens is 2. The lowest BCUT2D eigenvalue weighted by molar-refractivity contribution is -0.364. The van der Waals surface area contributed by atoms with Gasteiger partial charge in [-0.25, -0.2) is 9.37 Å². The molecule has 6 heteroatoms. The highest BCUT2D eigenvalue weighted by Crippen LogP contribution is 2.20. The number of hydrogen-bond donors (Lipinski definition) is 0. The van der Waals surface area contributed by atoms with Crippen molar-refractivity contribution in [2.24, 2.45) is 0 Å². The van der Waals surface area contributed by atoms with E-state index in [0.717, 1.165) is 18.9 Å². The predicted molar refractivity (Wildman–Crippen MR) is 86.9 cm³/mol. The number of anilines is 1. The summed E-state index contributed by atoms with van der Waals surface area (Å²) in [4.78, 5) is 19.5. The number of rotatable bonds is 3. The number of aromatic nitrogens is 1. The Morgan fingerprint density at radius 2 is 1.91 bits per heavy atom. The van der Waals surface area contributed by atoms with E-state index in [1.807, 2.05) is 24.4 Å². The summed E-state index contributed by atoms with van der Waals surface area (Å²) >= 11 is 5.99. The average molecular weight is 335 g/mol.